The minimum atomic E-state index is 0.0923. The Labute approximate surface area is 100 Å². The predicted molar refractivity (Wildman–Crippen MR) is 68.4 cm³/mol. The molecule has 0 spiro atoms. The van der Waals surface area contributed by atoms with Crippen molar-refractivity contribution in [2.45, 2.75) is 58.5 Å². The third-order valence-corrected chi connectivity index (χ3v) is 5.28. The first kappa shape index (κ1) is 12.2. The van der Waals surface area contributed by atoms with Crippen molar-refractivity contribution in [3.63, 3.8) is 0 Å². The van der Waals surface area contributed by atoms with Gasteiger partial charge >= 0.3 is 0 Å². The zero-order valence-electron chi connectivity index (χ0n) is 11.3. The van der Waals surface area contributed by atoms with Crippen LogP contribution in [0.2, 0.25) is 0 Å². The van der Waals surface area contributed by atoms with Crippen LogP contribution < -0.4 is 0 Å². The molecule has 16 heavy (non-hydrogen) atoms. The Hall–Kier alpha value is -0.300. The summed E-state index contributed by atoms with van der Waals surface area (Å²) in [7, 11) is 1.89. The van der Waals surface area contributed by atoms with Gasteiger partial charge in [-0.05, 0) is 38.0 Å². The number of hydrogen-bond acceptors (Lipinski definition) is 1. The molecule has 0 aliphatic heterocycles. The number of ether oxygens (including phenoxy) is 1. The molecular weight excluding hydrogens is 196 g/mol. The van der Waals surface area contributed by atoms with E-state index in [1.54, 1.807) is 0 Å². The van der Waals surface area contributed by atoms with Crippen LogP contribution >= 0.6 is 0 Å². The fourth-order valence-electron chi connectivity index (χ4n) is 3.91. The highest BCUT2D eigenvalue weighted by Crippen LogP contribution is 2.60. The van der Waals surface area contributed by atoms with E-state index in [4.69, 9.17) is 4.74 Å². The summed E-state index contributed by atoms with van der Waals surface area (Å²) in [5, 5.41) is 0. The molecule has 3 atom stereocenters. The van der Waals surface area contributed by atoms with Crippen molar-refractivity contribution in [2.24, 2.45) is 17.3 Å². The summed E-state index contributed by atoms with van der Waals surface area (Å²) in [6.07, 6.45) is 11.4. The predicted octanol–water partition coefficient (Wildman–Crippen LogP) is 4.18. The minimum Gasteiger partial charge on any atom is -0.378 e. The van der Waals surface area contributed by atoms with Gasteiger partial charge in [0.15, 0.2) is 0 Å². The van der Waals surface area contributed by atoms with Gasteiger partial charge in [-0.3, -0.25) is 0 Å². The smallest absolute Gasteiger partial charge is 0.0746 e. The van der Waals surface area contributed by atoms with Gasteiger partial charge in [-0.25, -0.2) is 0 Å². The van der Waals surface area contributed by atoms with Crippen molar-refractivity contribution in [3.8, 4) is 0 Å². The van der Waals surface area contributed by atoms with Crippen LogP contribution in [0, 0.1) is 17.3 Å². The second-order valence-electron chi connectivity index (χ2n) is 6.01. The molecule has 1 saturated carbocycles. The molecule has 0 radical (unpaired) electrons. The molecule has 0 aromatic heterocycles. The van der Waals surface area contributed by atoms with E-state index in [1.807, 2.05) is 7.11 Å². The molecule has 1 heteroatoms. The second kappa shape index (κ2) is 4.18. The van der Waals surface area contributed by atoms with Gasteiger partial charge in [0.1, 0.15) is 0 Å². The lowest BCUT2D eigenvalue weighted by molar-refractivity contribution is -0.0694. The monoisotopic (exact) mass is 222 g/mol. The van der Waals surface area contributed by atoms with E-state index in [0.29, 0.717) is 5.41 Å². The van der Waals surface area contributed by atoms with Crippen LogP contribution in [0.4, 0.5) is 0 Å². The fourth-order valence-corrected chi connectivity index (χ4v) is 3.91. The van der Waals surface area contributed by atoms with Crippen LogP contribution in [0.15, 0.2) is 12.2 Å². The van der Waals surface area contributed by atoms with Gasteiger partial charge in [-0.1, -0.05) is 38.8 Å². The van der Waals surface area contributed by atoms with Gasteiger partial charge in [-0.2, -0.15) is 0 Å². The number of methoxy groups -OCH3 is 1. The lowest BCUT2D eigenvalue weighted by Crippen LogP contribution is -2.43. The van der Waals surface area contributed by atoms with Gasteiger partial charge < -0.3 is 4.74 Å². The SMILES string of the molecule is CCC(CC)CC12C=CC(C1)CC2(C)OC. The average molecular weight is 222 g/mol. The van der Waals surface area contributed by atoms with Gasteiger partial charge in [0.05, 0.1) is 5.60 Å². The Morgan fingerprint density at radius 1 is 1.31 bits per heavy atom. The lowest BCUT2D eigenvalue weighted by Gasteiger charge is -2.43. The average Bonchev–Trinajstić information content (AvgIpc) is 2.81. The molecule has 0 aromatic rings. The summed E-state index contributed by atoms with van der Waals surface area (Å²) in [5.74, 6) is 1.63. The van der Waals surface area contributed by atoms with Gasteiger partial charge in [0, 0.05) is 12.5 Å². The maximum atomic E-state index is 5.87. The third kappa shape index (κ3) is 1.64. The summed E-state index contributed by atoms with van der Waals surface area (Å²) in [4.78, 5) is 0. The van der Waals surface area contributed by atoms with Crippen molar-refractivity contribution in [1.82, 2.24) is 0 Å². The molecule has 2 aliphatic rings. The second-order valence-corrected chi connectivity index (χ2v) is 6.01. The first-order valence-electron chi connectivity index (χ1n) is 6.83. The van der Waals surface area contributed by atoms with Crippen molar-refractivity contribution >= 4 is 0 Å². The summed E-state index contributed by atoms with van der Waals surface area (Å²) < 4.78 is 5.87. The highest BCUT2D eigenvalue weighted by molar-refractivity contribution is 5.24. The molecule has 0 N–H and O–H groups in total. The lowest BCUT2D eigenvalue weighted by atomic mass is 9.69. The molecule has 1 fully saturated rings. The number of fused-ring (bicyclic) bond motifs is 2. The maximum Gasteiger partial charge on any atom is 0.0746 e. The van der Waals surface area contributed by atoms with Crippen LogP contribution in [-0.4, -0.2) is 12.7 Å². The Kier molecular flexibility index (Phi) is 3.18. The summed E-state index contributed by atoms with van der Waals surface area (Å²) in [6.45, 7) is 6.96. The molecule has 1 nitrogen and oxygen atoms in total. The van der Waals surface area contributed by atoms with E-state index in [1.165, 1.54) is 32.1 Å². The van der Waals surface area contributed by atoms with Crippen molar-refractivity contribution in [3.05, 3.63) is 12.2 Å². The summed E-state index contributed by atoms with van der Waals surface area (Å²) >= 11 is 0. The van der Waals surface area contributed by atoms with E-state index in [2.05, 4.69) is 32.9 Å². The molecule has 2 rings (SSSR count). The van der Waals surface area contributed by atoms with Gasteiger partial charge in [-0.15, -0.1) is 0 Å². The Balaban J connectivity index is 2.19. The van der Waals surface area contributed by atoms with E-state index < -0.39 is 0 Å². The molecule has 2 aliphatic carbocycles. The minimum absolute atomic E-state index is 0.0923. The largest absolute Gasteiger partial charge is 0.378 e. The quantitative estimate of drug-likeness (QED) is 0.634. The number of rotatable bonds is 5. The maximum absolute atomic E-state index is 5.87. The van der Waals surface area contributed by atoms with E-state index in [0.717, 1.165) is 11.8 Å². The summed E-state index contributed by atoms with van der Waals surface area (Å²) in [6, 6.07) is 0. The van der Waals surface area contributed by atoms with Crippen molar-refractivity contribution < 1.29 is 4.74 Å². The zero-order chi connectivity index (χ0) is 11.8. The first-order valence-corrected chi connectivity index (χ1v) is 6.83. The van der Waals surface area contributed by atoms with E-state index >= 15 is 0 Å². The van der Waals surface area contributed by atoms with E-state index in [9.17, 15) is 0 Å². The standard InChI is InChI=1S/C15H26O/c1-5-12(6-2)10-15-8-7-13(11-15)9-14(15,3)16-4/h7-8,12-13H,5-6,9-11H2,1-4H3. The molecule has 92 valence electrons. The highest BCUT2D eigenvalue weighted by atomic mass is 16.5. The number of allylic oxidation sites excluding steroid dienone is 1. The Morgan fingerprint density at radius 2 is 2.00 bits per heavy atom. The molecule has 0 saturated heterocycles. The molecule has 0 aromatic carbocycles. The van der Waals surface area contributed by atoms with Gasteiger partial charge in [0.2, 0.25) is 0 Å². The highest BCUT2D eigenvalue weighted by Gasteiger charge is 2.57. The van der Waals surface area contributed by atoms with Crippen molar-refractivity contribution in [2.75, 3.05) is 7.11 Å². The molecule has 0 amide bonds. The van der Waals surface area contributed by atoms with Crippen LogP contribution in [0.25, 0.3) is 0 Å². The molecule has 0 heterocycles. The topological polar surface area (TPSA) is 9.23 Å². The van der Waals surface area contributed by atoms with Crippen LogP contribution in [0.3, 0.4) is 0 Å². The molecule has 3 unspecified atom stereocenters. The normalized spacial score (nSPS) is 41.2. The van der Waals surface area contributed by atoms with Crippen LogP contribution in [0.1, 0.15) is 52.9 Å². The zero-order valence-corrected chi connectivity index (χ0v) is 11.3. The van der Waals surface area contributed by atoms with Crippen molar-refractivity contribution in [1.29, 1.82) is 0 Å². The third-order valence-electron chi connectivity index (χ3n) is 5.28. The van der Waals surface area contributed by atoms with Crippen LogP contribution in [0.5, 0.6) is 0 Å². The van der Waals surface area contributed by atoms with E-state index in [-0.39, 0.29) is 5.60 Å². The number of hydrogen-bond donors (Lipinski definition) is 0. The van der Waals surface area contributed by atoms with Crippen LogP contribution in [-0.2, 0) is 4.74 Å². The van der Waals surface area contributed by atoms with Gasteiger partial charge in [0.25, 0.3) is 0 Å². The molecular formula is C15H26O. The Bertz CT molecular complexity index is 279. The Morgan fingerprint density at radius 3 is 2.50 bits per heavy atom. The fraction of sp³-hybridized carbons (Fsp3) is 0.867. The molecule has 2 bridgehead atoms. The summed E-state index contributed by atoms with van der Waals surface area (Å²) in [5.41, 5.74) is 0.429. The first-order chi connectivity index (χ1) is 7.59.